The molecular weight excluding hydrogens is 329 g/mol. The number of aromatic amines is 1. The number of H-pyrrole nitrogens is 1. The van der Waals surface area contributed by atoms with Crippen LogP contribution in [0.4, 0.5) is 13.2 Å². The zero-order valence-corrected chi connectivity index (χ0v) is 12.9. The number of alkyl halides is 3. The summed E-state index contributed by atoms with van der Waals surface area (Å²) >= 11 is 0. The van der Waals surface area contributed by atoms with Gasteiger partial charge in [-0.25, -0.2) is 0 Å². The molecule has 2 N–H and O–H groups in total. The van der Waals surface area contributed by atoms with E-state index in [-0.39, 0.29) is 11.3 Å². The first-order chi connectivity index (χ1) is 11.9. The van der Waals surface area contributed by atoms with Gasteiger partial charge in [-0.15, -0.1) is 0 Å². The van der Waals surface area contributed by atoms with Gasteiger partial charge in [0.1, 0.15) is 6.04 Å². The lowest BCUT2D eigenvalue weighted by molar-refractivity contribution is -0.137. The molecule has 6 heteroatoms. The van der Waals surface area contributed by atoms with Crippen molar-refractivity contribution in [1.29, 1.82) is 0 Å². The van der Waals surface area contributed by atoms with E-state index in [4.69, 9.17) is 0 Å². The average molecular weight is 342 g/mol. The van der Waals surface area contributed by atoms with Crippen molar-refractivity contribution in [1.82, 2.24) is 10.3 Å². The summed E-state index contributed by atoms with van der Waals surface area (Å²) in [5.41, 5.74) is 2.00. The lowest BCUT2D eigenvalue weighted by Crippen LogP contribution is -2.27. The number of Topliss-reactive ketones (excluding diaryl/α,β-unsaturated/α-hetero) is 1. The van der Waals surface area contributed by atoms with Crippen LogP contribution in [-0.2, 0) is 6.18 Å². The molecule has 2 aromatic carbocycles. The van der Waals surface area contributed by atoms with Crippen LogP contribution in [0.15, 0.2) is 54.7 Å². The Bertz CT molecular complexity index is 984. The van der Waals surface area contributed by atoms with Crippen LogP contribution >= 0.6 is 0 Å². The number of carbonyl (C=O) groups excluding carboxylic acids is 1. The molecule has 126 valence electrons. The summed E-state index contributed by atoms with van der Waals surface area (Å²) < 4.78 is 38.0. The van der Waals surface area contributed by atoms with Gasteiger partial charge in [-0.2, -0.15) is 13.2 Å². The molecule has 3 nitrogen and oxygen atoms in total. The summed E-state index contributed by atoms with van der Waals surface area (Å²) in [5, 5.41) is 4.00. The first-order valence-electron chi connectivity index (χ1n) is 7.70. The van der Waals surface area contributed by atoms with Crippen LogP contribution in [-0.4, -0.2) is 10.8 Å². The summed E-state index contributed by atoms with van der Waals surface area (Å²) in [5.74, 6) is -0.286. The van der Waals surface area contributed by atoms with E-state index in [9.17, 15) is 18.0 Å². The molecule has 3 aromatic rings. The van der Waals surface area contributed by atoms with Gasteiger partial charge in [0.05, 0.1) is 11.3 Å². The van der Waals surface area contributed by atoms with Crippen LogP contribution < -0.4 is 5.32 Å². The third kappa shape index (κ3) is 2.59. The molecule has 25 heavy (non-hydrogen) atoms. The second-order valence-electron chi connectivity index (χ2n) is 5.87. The molecule has 1 unspecified atom stereocenters. The normalized spacial score (nSPS) is 16.5. The maximum Gasteiger partial charge on any atom is 0.416 e. The number of halogens is 3. The van der Waals surface area contributed by atoms with E-state index in [2.05, 4.69) is 10.3 Å². The highest BCUT2D eigenvalue weighted by molar-refractivity contribution is 6.03. The summed E-state index contributed by atoms with van der Waals surface area (Å²) in [6, 6.07) is 11.3. The minimum atomic E-state index is -4.42. The van der Waals surface area contributed by atoms with Crippen molar-refractivity contribution >= 4 is 22.8 Å². The maximum atomic E-state index is 12.8. The fraction of sp³-hybridized carbons (Fsp3) is 0.105. The van der Waals surface area contributed by atoms with Crippen molar-refractivity contribution in [2.45, 2.75) is 12.2 Å². The molecule has 0 fully saturated rings. The average Bonchev–Trinajstić information content (AvgIpc) is 2.99. The topological polar surface area (TPSA) is 44.9 Å². The zero-order chi connectivity index (χ0) is 17.6. The molecule has 0 spiro atoms. The highest BCUT2D eigenvalue weighted by Gasteiger charge is 2.31. The lowest BCUT2D eigenvalue weighted by atomic mass is 9.96. The second-order valence-corrected chi connectivity index (χ2v) is 5.87. The van der Waals surface area contributed by atoms with E-state index < -0.39 is 17.8 Å². The van der Waals surface area contributed by atoms with Crippen molar-refractivity contribution in [3.8, 4) is 0 Å². The van der Waals surface area contributed by atoms with Gasteiger partial charge in [0, 0.05) is 22.0 Å². The zero-order valence-electron chi connectivity index (χ0n) is 12.9. The van der Waals surface area contributed by atoms with Gasteiger partial charge in [-0.05, 0) is 30.5 Å². The molecule has 0 radical (unpaired) electrons. The maximum absolute atomic E-state index is 12.8. The molecule has 0 saturated heterocycles. The van der Waals surface area contributed by atoms with Gasteiger partial charge in [0.25, 0.3) is 0 Å². The number of hydrogen-bond donors (Lipinski definition) is 2. The number of hydrogen-bond acceptors (Lipinski definition) is 2. The van der Waals surface area contributed by atoms with Crippen molar-refractivity contribution in [3.63, 3.8) is 0 Å². The van der Waals surface area contributed by atoms with Gasteiger partial charge in [-0.3, -0.25) is 4.79 Å². The number of para-hydroxylation sites is 1. The van der Waals surface area contributed by atoms with Gasteiger partial charge in [-0.1, -0.05) is 30.3 Å². The number of benzene rings is 2. The Hall–Kier alpha value is -3.02. The van der Waals surface area contributed by atoms with E-state index in [1.807, 2.05) is 30.3 Å². The molecule has 4 rings (SSSR count). The number of ketones is 1. The highest BCUT2D eigenvalue weighted by Crippen LogP contribution is 2.33. The van der Waals surface area contributed by atoms with E-state index in [0.29, 0.717) is 5.69 Å². The fourth-order valence-electron chi connectivity index (χ4n) is 3.10. The standard InChI is InChI=1S/C19H13F3N2O/c20-19(21,22)12-7-5-11(6-8-12)18(25)17-16-14(9-10-23-17)13-3-1-2-4-15(13)24-16/h1-10,17,23-24H. The van der Waals surface area contributed by atoms with Gasteiger partial charge in [0.2, 0.25) is 0 Å². The van der Waals surface area contributed by atoms with Gasteiger partial charge < -0.3 is 10.3 Å². The molecule has 0 saturated carbocycles. The molecular formula is C19H13F3N2O. The first-order valence-corrected chi connectivity index (χ1v) is 7.70. The van der Waals surface area contributed by atoms with Crippen LogP contribution in [0.1, 0.15) is 33.2 Å². The predicted molar refractivity (Wildman–Crippen MR) is 89.0 cm³/mol. The predicted octanol–water partition coefficient (Wildman–Crippen LogP) is 4.68. The van der Waals surface area contributed by atoms with E-state index >= 15 is 0 Å². The summed E-state index contributed by atoms with van der Waals surface area (Å²) in [6.45, 7) is 0. The molecule has 0 aliphatic carbocycles. The SMILES string of the molecule is O=C(c1ccc(C(F)(F)F)cc1)C1NC=Cc2c1[nH]c1ccccc21. The van der Waals surface area contributed by atoms with Crippen molar-refractivity contribution in [3.05, 3.63) is 77.1 Å². The fourth-order valence-corrected chi connectivity index (χ4v) is 3.10. The Morgan fingerprint density at radius 2 is 1.72 bits per heavy atom. The molecule has 1 aromatic heterocycles. The molecule has 0 bridgehead atoms. The molecule has 0 amide bonds. The van der Waals surface area contributed by atoms with Crippen LogP contribution in [0.2, 0.25) is 0 Å². The Labute approximate surface area is 141 Å². The molecule has 1 aliphatic heterocycles. The number of nitrogens with one attached hydrogen (secondary N) is 2. The van der Waals surface area contributed by atoms with Crippen molar-refractivity contribution in [2.24, 2.45) is 0 Å². The largest absolute Gasteiger partial charge is 0.416 e. The quantitative estimate of drug-likeness (QED) is 0.664. The van der Waals surface area contributed by atoms with Crippen LogP contribution in [0.5, 0.6) is 0 Å². The van der Waals surface area contributed by atoms with Crippen LogP contribution in [0.3, 0.4) is 0 Å². The van der Waals surface area contributed by atoms with Crippen molar-refractivity contribution in [2.75, 3.05) is 0 Å². The van der Waals surface area contributed by atoms with Crippen molar-refractivity contribution < 1.29 is 18.0 Å². The smallest absolute Gasteiger partial charge is 0.376 e. The minimum absolute atomic E-state index is 0.227. The molecule has 1 aliphatic rings. The molecule has 1 atom stereocenters. The number of carbonyl (C=O) groups is 1. The van der Waals surface area contributed by atoms with Gasteiger partial charge >= 0.3 is 6.18 Å². The van der Waals surface area contributed by atoms with E-state index in [0.717, 1.165) is 28.6 Å². The summed E-state index contributed by atoms with van der Waals surface area (Å²) in [6.07, 6.45) is -0.849. The van der Waals surface area contributed by atoms with Crippen LogP contribution in [0, 0.1) is 0 Å². The number of rotatable bonds is 2. The minimum Gasteiger partial charge on any atom is -0.376 e. The first kappa shape index (κ1) is 15.5. The van der Waals surface area contributed by atoms with Gasteiger partial charge in [0.15, 0.2) is 5.78 Å². The number of fused-ring (bicyclic) bond motifs is 3. The third-order valence-corrected chi connectivity index (χ3v) is 4.34. The van der Waals surface area contributed by atoms with E-state index in [1.54, 1.807) is 6.20 Å². The monoisotopic (exact) mass is 342 g/mol. The van der Waals surface area contributed by atoms with E-state index in [1.165, 1.54) is 12.1 Å². The van der Waals surface area contributed by atoms with Crippen LogP contribution in [0.25, 0.3) is 17.0 Å². The number of aromatic nitrogens is 1. The lowest BCUT2D eigenvalue weighted by Gasteiger charge is -2.20. The Kier molecular flexibility index (Phi) is 3.42. The molecule has 2 heterocycles. The Morgan fingerprint density at radius 3 is 2.44 bits per heavy atom. The summed E-state index contributed by atoms with van der Waals surface area (Å²) in [4.78, 5) is 16.0. The summed E-state index contributed by atoms with van der Waals surface area (Å²) in [7, 11) is 0. The Morgan fingerprint density at radius 1 is 1.00 bits per heavy atom. The highest BCUT2D eigenvalue weighted by atomic mass is 19.4. The third-order valence-electron chi connectivity index (χ3n) is 4.34. The Balaban J connectivity index is 1.71. The second kappa shape index (κ2) is 5.51.